The molecule has 0 radical (unpaired) electrons. The molecule has 8 heteroatoms. The van der Waals surface area contributed by atoms with Crippen molar-refractivity contribution in [1.82, 2.24) is 5.32 Å². The first-order valence-electron chi connectivity index (χ1n) is 13.1. The molecule has 1 aliphatic carbocycles. The first-order valence-corrected chi connectivity index (χ1v) is 13.1. The van der Waals surface area contributed by atoms with Crippen LogP contribution in [0, 0.1) is 5.92 Å². The van der Waals surface area contributed by atoms with Crippen LogP contribution in [-0.4, -0.2) is 42.4 Å². The third-order valence-electron chi connectivity index (χ3n) is 6.97. The highest BCUT2D eigenvalue weighted by Gasteiger charge is 2.31. The molecule has 0 aliphatic heterocycles. The number of hydrogen-bond acceptors (Lipinski definition) is 6. The molecule has 4 rings (SSSR count). The summed E-state index contributed by atoms with van der Waals surface area (Å²) in [5, 5.41) is 11.4. The van der Waals surface area contributed by atoms with Crippen molar-refractivity contribution < 1.29 is 33.7 Å². The smallest absolute Gasteiger partial charge is 0.407 e. The van der Waals surface area contributed by atoms with Crippen molar-refractivity contribution >= 4 is 18.0 Å². The number of benzene rings is 3. The molecular weight excluding hydrogens is 498 g/mol. The lowest BCUT2D eigenvalue weighted by molar-refractivity contribution is -0.148. The molecule has 0 saturated heterocycles. The van der Waals surface area contributed by atoms with Crippen LogP contribution in [0.1, 0.15) is 49.3 Å². The van der Waals surface area contributed by atoms with Gasteiger partial charge in [0.2, 0.25) is 0 Å². The molecule has 1 aliphatic rings. The predicted molar refractivity (Wildman–Crippen MR) is 145 cm³/mol. The minimum atomic E-state index is -0.930. The first kappa shape index (κ1) is 27.7. The molecule has 0 unspecified atom stereocenters. The maximum atomic E-state index is 12.9. The number of ether oxygens (including phenoxy) is 3. The largest absolute Gasteiger partial charge is 0.493 e. The topological polar surface area (TPSA) is 111 Å². The molecule has 0 bridgehead atoms. The summed E-state index contributed by atoms with van der Waals surface area (Å²) < 4.78 is 16.5. The van der Waals surface area contributed by atoms with Crippen molar-refractivity contribution in [2.45, 2.75) is 45.3 Å². The summed E-state index contributed by atoms with van der Waals surface area (Å²) in [6, 6.07) is 22.2. The molecule has 0 fully saturated rings. The van der Waals surface area contributed by atoms with Crippen LogP contribution >= 0.6 is 0 Å². The lowest BCUT2D eigenvalue weighted by atomic mass is 9.98. The summed E-state index contributed by atoms with van der Waals surface area (Å²) in [7, 11) is 0. The fourth-order valence-electron chi connectivity index (χ4n) is 4.62. The van der Waals surface area contributed by atoms with Crippen LogP contribution in [0.2, 0.25) is 0 Å². The molecule has 3 aromatic rings. The Balaban J connectivity index is 1.32. The van der Waals surface area contributed by atoms with Gasteiger partial charge < -0.3 is 24.6 Å². The number of carbonyl (C=O) groups is 3. The highest BCUT2D eigenvalue weighted by molar-refractivity contribution is 5.82. The highest BCUT2D eigenvalue weighted by Crippen LogP contribution is 2.44. The summed E-state index contributed by atoms with van der Waals surface area (Å²) in [6.45, 7) is 4.06. The highest BCUT2D eigenvalue weighted by atomic mass is 16.6. The number of carboxylic acid groups (broad SMARTS) is 1. The normalized spacial score (nSPS) is 13.5. The van der Waals surface area contributed by atoms with E-state index in [-0.39, 0.29) is 38.1 Å². The lowest BCUT2D eigenvalue weighted by Crippen LogP contribution is -2.46. The molecule has 2 N–H and O–H groups in total. The number of alkyl carbamates (subject to hydrolysis) is 1. The fourth-order valence-corrected chi connectivity index (χ4v) is 4.62. The number of carboxylic acids is 1. The molecule has 0 aromatic heterocycles. The predicted octanol–water partition coefficient (Wildman–Crippen LogP) is 5.54. The van der Waals surface area contributed by atoms with Gasteiger partial charge in [-0.3, -0.25) is 4.79 Å². The Morgan fingerprint density at radius 1 is 0.897 bits per heavy atom. The monoisotopic (exact) mass is 531 g/mol. The van der Waals surface area contributed by atoms with Crippen molar-refractivity contribution in [2.24, 2.45) is 5.92 Å². The second kappa shape index (κ2) is 13.0. The molecule has 1 amide bonds. The van der Waals surface area contributed by atoms with Gasteiger partial charge in [0.1, 0.15) is 25.0 Å². The molecule has 0 saturated carbocycles. The van der Waals surface area contributed by atoms with E-state index >= 15 is 0 Å². The van der Waals surface area contributed by atoms with Gasteiger partial charge in [-0.05, 0) is 45.9 Å². The van der Waals surface area contributed by atoms with Crippen molar-refractivity contribution in [1.29, 1.82) is 0 Å². The van der Waals surface area contributed by atoms with Crippen molar-refractivity contribution in [3.8, 4) is 16.9 Å². The van der Waals surface area contributed by atoms with Gasteiger partial charge >= 0.3 is 18.0 Å². The van der Waals surface area contributed by atoms with Crippen LogP contribution in [0.3, 0.4) is 0 Å². The number of nitrogens with one attached hydrogen (secondary N) is 1. The fraction of sp³-hybridized carbons (Fsp3) is 0.323. The number of hydrogen-bond donors (Lipinski definition) is 2. The number of rotatable bonds is 12. The average Bonchev–Trinajstić information content (AvgIpc) is 3.27. The quantitative estimate of drug-likeness (QED) is 0.295. The van der Waals surface area contributed by atoms with Crippen LogP contribution in [0.25, 0.3) is 11.1 Å². The van der Waals surface area contributed by atoms with E-state index < -0.39 is 24.1 Å². The first-order chi connectivity index (χ1) is 18.9. The van der Waals surface area contributed by atoms with E-state index in [1.165, 1.54) is 0 Å². The van der Waals surface area contributed by atoms with Crippen LogP contribution in [-0.2, 0) is 25.7 Å². The standard InChI is InChI=1S/C31H33NO7/c1-3-20(2)29(30(35)38-18-21-12-14-22(15-13-21)37-17-16-28(33)34)32-31(36)39-19-27-25-10-6-4-8-23(25)24-9-5-7-11-26(24)27/h4-15,20,27,29H,3,16-19H2,1-2H3,(H,32,36)(H,33,34)/t20-,29-/m0/s1. The van der Waals surface area contributed by atoms with E-state index in [0.29, 0.717) is 12.2 Å². The van der Waals surface area contributed by atoms with Crippen LogP contribution < -0.4 is 10.1 Å². The maximum absolute atomic E-state index is 12.9. The van der Waals surface area contributed by atoms with Gasteiger partial charge in [0.15, 0.2) is 0 Å². The van der Waals surface area contributed by atoms with Gasteiger partial charge in [0, 0.05) is 5.92 Å². The Morgan fingerprint density at radius 2 is 1.51 bits per heavy atom. The summed E-state index contributed by atoms with van der Waals surface area (Å²) in [5.74, 6) is -1.18. The summed E-state index contributed by atoms with van der Waals surface area (Å²) >= 11 is 0. The Kier molecular flexibility index (Phi) is 9.20. The van der Waals surface area contributed by atoms with Crippen LogP contribution in [0.5, 0.6) is 5.75 Å². The second-order valence-corrected chi connectivity index (χ2v) is 9.58. The minimum absolute atomic E-state index is 0.0214. The van der Waals surface area contributed by atoms with Crippen molar-refractivity contribution in [3.05, 3.63) is 89.5 Å². The van der Waals surface area contributed by atoms with Gasteiger partial charge in [-0.25, -0.2) is 9.59 Å². The summed E-state index contributed by atoms with van der Waals surface area (Å²) in [5.41, 5.74) is 5.24. The molecule has 8 nitrogen and oxygen atoms in total. The Hall–Kier alpha value is -4.33. The van der Waals surface area contributed by atoms with Gasteiger partial charge in [0.25, 0.3) is 0 Å². The van der Waals surface area contributed by atoms with E-state index in [2.05, 4.69) is 29.6 Å². The number of carbonyl (C=O) groups excluding carboxylic acids is 2. The summed E-state index contributed by atoms with van der Waals surface area (Å²) in [6.07, 6.45) is -0.0965. The lowest BCUT2D eigenvalue weighted by Gasteiger charge is -2.23. The molecule has 204 valence electrons. The zero-order chi connectivity index (χ0) is 27.8. The zero-order valence-corrected chi connectivity index (χ0v) is 22.1. The van der Waals surface area contributed by atoms with Gasteiger partial charge in [0.05, 0.1) is 13.0 Å². The van der Waals surface area contributed by atoms with Gasteiger partial charge in [-0.15, -0.1) is 0 Å². The summed E-state index contributed by atoms with van der Waals surface area (Å²) in [4.78, 5) is 36.4. The molecule has 0 heterocycles. The third kappa shape index (κ3) is 6.96. The van der Waals surface area contributed by atoms with E-state index in [4.69, 9.17) is 19.3 Å². The molecule has 0 spiro atoms. The van der Waals surface area contributed by atoms with E-state index in [1.807, 2.05) is 38.1 Å². The SMILES string of the molecule is CC[C@H](C)[C@H](NC(=O)OCC1c2ccccc2-c2ccccc21)C(=O)OCc1ccc(OCCC(=O)O)cc1. The number of fused-ring (bicyclic) bond motifs is 3. The van der Waals surface area contributed by atoms with Gasteiger partial charge in [-0.1, -0.05) is 80.9 Å². The van der Waals surface area contributed by atoms with Gasteiger partial charge in [-0.2, -0.15) is 0 Å². The average molecular weight is 532 g/mol. The second-order valence-electron chi connectivity index (χ2n) is 9.58. The van der Waals surface area contributed by atoms with E-state index in [1.54, 1.807) is 24.3 Å². The number of aliphatic carboxylic acids is 1. The van der Waals surface area contributed by atoms with Crippen LogP contribution in [0.4, 0.5) is 4.79 Å². The van der Waals surface area contributed by atoms with E-state index in [0.717, 1.165) is 27.8 Å². The number of esters is 1. The number of amides is 1. The molecule has 39 heavy (non-hydrogen) atoms. The Labute approximate surface area is 227 Å². The van der Waals surface area contributed by atoms with Crippen LogP contribution in [0.15, 0.2) is 72.8 Å². The third-order valence-corrected chi connectivity index (χ3v) is 6.97. The minimum Gasteiger partial charge on any atom is -0.493 e. The van der Waals surface area contributed by atoms with Crippen molar-refractivity contribution in [3.63, 3.8) is 0 Å². The maximum Gasteiger partial charge on any atom is 0.407 e. The van der Waals surface area contributed by atoms with Crippen molar-refractivity contribution in [2.75, 3.05) is 13.2 Å². The van der Waals surface area contributed by atoms with E-state index in [9.17, 15) is 14.4 Å². The Bertz CT molecular complexity index is 1260. The molecule has 2 atom stereocenters. The molecule has 3 aromatic carbocycles. The Morgan fingerprint density at radius 3 is 2.10 bits per heavy atom. The molecular formula is C31H33NO7. The zero-order valence-electron chi connectivity index (χ0n) is 22.1.